The molecule has 0 radical (unpaired) electrons. The third-order valence-corrected chi connectivity index (χ3v) is 6.46. The van der Waals surface area contributed by atoms with E-state index >= 15 is 0 Å². The lowest BCUT2D eigenvalue weighted by atomic mass is 10.1. The third-order valence-electron chi connectivity index (χ3n) is 6.02. The van der Waals surface area contributed by atoms with Gasteiger partial charge >= 0.3 is 0 Å². The van der Waals surface area contributed by atoms with E-state index in [2.05, 4.69) is 45.3 Å². The third kappa shape index (κ3) is 2.77. The van der Waals surface area contributed by atoms with E-state index < -0.39 is 0 Å². The summed E-state index contributed by atoms with van der Waals surface area (Å²) in [5.74, 6) is 1.86. The van der Waals surface area contributed by atoms with Crippen molar-refractivity contribution < 1.29 is 0 Å². The highest BCUT2D eigenvalue weighted by Crippen LogP contribution is 2.42. The Balaban J connectivity index is 1.46. The Hall–Kier alpha value is -1.46. The van der Waals surface area contributed by atoms with Crippen LogP contribution < -0.4 is 0 Å². The molecule has 3 aliphatic rings. The van der Waals surface area contributed by atoms with Crippen LogP contribution in [0.25, 0.3) is 0 Å². The molecule has 5 heteroatoms. The molecule has 25 heavy (non-hydrogen) atoms. The monoisotopic (exact) mass is 354 g/mol. The molecular formula is C20H26N4S. The highest BCUT2D eigenvalue weighted by Gasteiger charge is 2.38. The van der Waals surface area contributed by atoms with Gasteiger partial charge in [-0.05, 0) is 68.8 Å². The van der Waals surface area contributed by atoms with E-state index in [9.17, 15) is 0 Å². The van der Waals surface area contributed by atoms with Gasteiger partial charge in [-0.1, -0.05) is 24.3 Å². The first kappa shape index (κ1) is 15.8. The van der Waals surface area contributed by atoms with Gasteiger partial charge in [-0.3, -0.25) is 4.90 Å². The molecule has 0 saturated heterocycles. The molecule has 4 nitrogen and oxygen atoms in total. The van der Waals surface area contributed by atoms with Gasteiger partial charge in [0, 0.05) is 24.5 Å². The zero-order valence-electron chi connectivity index (χ0n) is 14.9. The van der Waals surface area contributed by atoms with Crippen molar-refractivity contribution in [1.29, 1.82) is 0 Å². The maximum Gasteiger partial charge on any atom is 0.199 e. The molecule has 0 N–H and O–H groups in total. The first-order valence-corrected chi connectivity index (χ1v) is 10.2. The van der Waals surface area contributed by atoms with Crippen molar-refractivity contribution in [2.75, 3.05) is 0 Å². The molecule has 2 aromatic rings. The summed E-state index contributed by atoms with van der Waals surface area (Å²) < 4.78 is 5.26. The average molecular weight is 355 g/mol. The minimum absolute atomic E-state index is 0.529. The second-order valence-corrected chi connectivity index (χ2v) is 8.16. The van der Waals surface area contributed by atoms with E-state index in [1.165, 1.54) is 55.5 Å². The largest absolute Gasteiger partial charge is 0.304 e. The minimum atomic E-state index is 0.529. The number of nitrogens with zero attached hydrogens (tertiary/aromatic N) is 4. The van der Waals surface area contributed by atoms with Crippen molar-refractivity contribution in [2.24, 2.45) is 0 Å². The van der Waals surface area contributed by atoms with Crippen molar-refractivity contribution >= 4 is 12.2 Å². The number of benzene rings is 1. The summed E-state index contributed by atoms with van der Waals surface area (Å²) in [7, 11) is 0. The fourth-order valence-corrected chi connectivity index (χ4v) is 4.72. The van der Waals surface area contributed by atoms with Gasteiger partial charge in [-0.25, -0.2) is 4.68 Å². The summed E-state index contributed by atoms with van der Waals surface area (Å²) in [6, 6.07) is 10.2. The summed E-state index contributed by atoms with van der Waals surface area (Å²) in [6.45, 7) is 3.95. The summed E-state index contributed by atoms with van der Waals surface area (Å²) in [5.41, 5.74) is 3.05. The number of hydrogen-bond donors (Lipinski definition) is 0. The molecule has 0 amide bonds. The number of fused-ring (bicyclic) bond motifs is 1. The Kier molecular flexibility index (Phi) is 3.82. The highest BCUT2D eigenvalue weighted by atomic mass is 32.1. The van der Waals surface area contributed by atoms with Crippen LogP contribution in [0.1, 0.15) is 67.9 Å². The number of rotatable bonds is 6. The molecule has 2 fully saturated rings. The first-order valence-electron chi connectivity index (χ1n) is 9.77. The summed E-state index contributed by atoms with van der Waals surface area (Å²) in [5, 5.41) is 4.95. The van der Waals surface area contributed by atoms with Gasteiger partial charge in [0.2, 0.25) is 0 Å². The van der Waals surface area contributed by atoms with E-state index in [0.717, 1.165) is 18.0 Å². The van der Waals surface area contributed by atoms with Gasteiger partial charge in [0.05, 0.1) is 6.67 Å². The normalized spacial score (nSPS) is 22.6. The molecule has 1 aromatic heterocycles. The fourth-order valence-electron chi connectivity index (χ4n) is 4.40. The maximum atomic E-state index is 5.77. The van der Waals surface area contributed by atoms with Crippen LogP contribution in [0.2, 0.25) is 0 Å². The molecule has 1 aromatic carbocycles. The molecule has 1 atom stereocenters. The number of aromatic nitrogens is 3. The maximum absolute atomic E-state index is 5.77. The lowest BCUT2D eigenvalue weighted by Crippen LogP contribution is -2.32. The second-order valence-electron chi connectivity index (χ2n) is 7.80. The summed E-state index contributed by atoms with van der Waals surface area (Å²) >= 11 is 5.77. The van der Waals surface area contributed by atoms with Crippen LogP contribution in [0, 0.1) is 4.77 Å². The summed E-state index contributed by atoms with van der Waals surface area (Å²) in [4.78, 5) is 2.67. The Morgan fingerprint density at radius 3 is 2.68 bits per heavy atom. The van der Waals surface area contributed by atoms with Gasteiger partial charge < -0.3 is 4.57 Å². The lowest BCUT2D eigenvalue weighted by molar-refractivity contribution is 0.131. The van der Waals surface area contributed by atoms with Gasteiger partial charge in [-0.15, -0.1) is 0 Å². The topological polar surface area (TPSA) is 26.0 Å². The predicted molar refractivity (Wildman–Crippen MR) is 101 cm³/mol. The number of aryl methyl sites for hydroxylation is 1. The Morgan fingerprint density at radius 2 is 1.96 bits per heavy atom. The average Bonchev–Trinajstić information content (AvgIpc) is 3.55. The number of hydrogen-bond acceptors (Lipinski definition) is 3. The van der Waals surface area contributed by atoms with Crippen molar-refractivity contribution in [1.82, 2.24) is 19.2 Å². The minimum Gasteiger partial charge on any atom is -0.304 e. The molecule has 0 spiro atoms. The lowest BCUT2D eigenvalue weighted by Gasteiger charge is -2.29. The Morgan fingerprint density at radius 1 is 1.16 bits per heavy atom. The van der Waals surface area contributed by atoms with E-state index in [0.29, 0.717) is 18.0 Å². The van der Waals surface area contributed by atoms with Crippen LogP contribution in [0.5, 0.6) is 0 Å². The van der Waals surface area contributed by atoms with Crippen molar-refractivity contribution in [2.45, 2.75) is 76.7 Å². The fraction of sp³-hybridized carbons (Fsp3) is 0.600. The van der Waals surface area contributed by atoms with Gasteiger partial charge in [0.25, 0.3) is 0 Å². The molecule has 1 unspecified atom stereocenters. The van der Waals surface area contributed by atoms with Crippen LogP contribution >= 0.6 is 12.2 Å². The van der Waals surface area contributed by atoms with E-state index in [1.54, 1.807) is 0 Å². The van der Waals surface area contributed by atoms with Gasteiger partial charge in [-0.2, -0.15) is 5.10 Å². The zero-order valence-corrected chi connectivity index (χ0v) is 15.7. The molecule has 2 saturated carbocycles. The molecular weight excluding hydrogens is 328 g/mol. The summed E-state index contributed by atoms with van der Waals surface area (Å²) in [6.07, 6.45) is 7.60. The molecule has 132 valence electrons. The van der Waals surface area contributed by atoms with Crippen molar-refractivity contribution in [3.63, 3.8) is 0 Å². The van der Waals surface area contributed by atoms with Crippen LogP contribution in [0.3, 0.4) is 0 Å². The van der Waals surface area contributed by atoms with Crippen molar-refractivity contribution in [3.8, 4) is 0 Å². The molecule has 1 heterocycles. The Labute approximate surface area is 154 Å². The van der Waals surface area contributed by atoms with Crippen LogP contribution in [0.4, 0.5) is 0 Å². The standard InChI is InChI=1S/C20H26N4S/c1-2-22-19(15-7-8-15)21-24(20(22)25)13-23(16-10-11-16)18-12-9-14-5-3-4-6-17(14)18/h3-6,15-16,18H,2,7-13H2,1H3. The van der Waals surface area contributed by atoms with Gasteiger partial charge in [0.15, 0.2) is 4.77 Å². The van der Waals surface area contributed by atoms with E-state index in [4.69, 9.17) is 17.3 Å². The molecule has 3 aliphatic carbocycles. The van der Waals surface area contributed by atoms with Gasteiger partial charge in [0.1, 0.15) is 5.82 Å². The highest BCUT2D eigenvalue weighted by molar-refractivity contribution is 7.71. The SMILES string of the molecule is CCn1c(C2CC2)nn(CN(C2CC2)C2CCc3ccccc32)c1=S. The first-order chi connectivity index (χ1) is 12.3. The zero-order chi connectivity index (χ0) is 17.0. The van der Waals surface area contributed by atoms with Crippen LogP contribution in [-0.4, -0.2) is 25.3 Å². The smallest absolute Gasteiger partial charge is 0.199 e. The Bertz CT molecular complexity index is 844. The molecule has 0 aliphatic heterocycles. The second kappa shape index (κ2) is 6.06. The molecule has 5 rings (SSSR count). The van der Waals surface area contributed by atoms with Crippen LogP contribution in [0.15, 0.2) is 24.3 Å². The predicted octanol–water partition coefficient (Wildman–Crippen LogP) is 4.42. The molecule has 0 bridgehead atoms. The van der Waals surface area contributed by atoms with E-state index in [-0.39, 0.29) is 0 Å². The van der Waals surface area contributed by atoms with Crippen LogP contribution in [-0.2, 0) is 19.6 Å². The van der Waals surface area contributed by atoms with E-state index in [1.807, 2.05) is 0 Å². The van der Waals surface area contributed by atoms with Crippen molar-refractivity contribution in [3.05, 3.63) is 46.0 Å². The quantitative estimate of drug-likeness (QED) is 0.718.